The van der Waals surface area contributed by atoms with Crippen molar-refractivity contribution in [2.45, 2.75) is 17.8 Å². The lowest BCUT2D eigenvalue weighted by molar-refractivity contribution is 0.391. The van der Waals surface area contributed by atoms with Crippen molar-refractivity contribution >= 4 is 23.4 Å². The van der Waals surface area contributed by atoms with E-state index in [1.165, 1.54) is 22.0 Å². The molecule has 2 aromatic carbocycles. The molecule has 0 fully saturated rings. The molecule has 0 unspecified atom stereocenters. The highest BCUT2D eigenvalue weighted by Gasteiger charge is 2.15. The summed E-state index contributed by atoms with van der Waals surface area (Å²) >= 11 is 7.27. The summed E-state index contributed by atoms with van der Waals surface area (Å²) in [7, 11) is 0. The Morgan fingerprint density at radius 1 is 1.04 bits per heavy atom. The van der Waals surface area contributed by atoms with E-state index in [9.17, 15) is 0 Å². The van der Waals surface area contributed by atoms with Gasteiger partial charge in [-0.3, -0.25) is 0 Å². The van der Waals surface area contributed by atoms with Gasteiger partial charge >= 0.3 is 0 Å². The lowest BCUT2D eigenvalue weighted by atomic mass is 10.1. The average molecular weight is 399 g/mol. The molecule has 27 heavy (non-hydrogen) atoms. The van der Waals surface area contributed by atoms with Crippen LogP contribution in [0.15, 0.2) is 58.2 Å². The largest absolute Gasteiger partial charge is 0.338 e. The van der Waals surface area contributed by atoms with E-state index >= 15 is 0 Å². The number of hydrogen-bond donors (Lipinski definition) is 1. The second kappa shape index (κ2) is 7.42. The molecule has 136 valence electrons. The molecule has 0 radical (unpaired) electrons. The van der Waals surface area contributed by atoms with Crippen LogP contribution in [0, 0.1) is 6.92 Å². The zero-order valence-electron chi connectivity index (χ0n) is 14.3. The molecule has 0 aliphatic heterocycles. The van der Waals surface area contributed by atoms with Crippen molar-refractivity contribution in [2.24, 2.45) is 0 Å². The summed E-state index contributed by atoms with van der Waals surface area (Å²) in [5.74, 6) is 8.16. The fraction of sp³-hybridized carbons (Fsp3) is 0.111. The van der Waals surface area contributed by atoms with Crippen molar-refractivity contribution in [1.82, 2.24) is 25.0 Å². The summed E-state index contributed by atoms with van der Waals surface area (Å²) in [4.78, 5) is 4.39. The van der Waals surface area contributed by atoms with Crippen LogP contribution in [0.5, 0.6) is 0 Å². The minimum Gasteiger partial charge on any atom is -0.338 e. The number of nitrogens with two attached hydrogens (primary N) is 1. The van der Waals surface area contributed by atoms with Crippen LogP contribution in [-0.2, 0) is 5.75 Å². The zero-order chi connectivity index (χ0) is 18.8. The van der Waals surface area contributed by atoms with Crippen LogP contribution in [0.4, 0.5) is 0 Å². The van der Waals surface area contributed by atoms with E-state index < -0.39 is 0 Å². The van der Waals surface area contributed by atoms with E-state index in [0.717, 1.165) is 11.1 Å². The maximum atomic E-state index is 6.14. The summed E-state index contributed by atoms with van der Waals surface area (Å²) in [5, 5.41) is 13.5. The third-order valence-corrected chi connectivity index (χ3v) is 5.05. The average Bonchev–Trinajstić information content (AvgIpc) is 3.28. The first kappa shape index (κ1) is 17.6. The molecule has 4 rings (SSSR count). The molecule has 0 aliphatic carbocycles. The Morgan fingerprint density at radius 3 is 2.48 bits per heavy atom. The van der Waals surface area contributed by atoms with Crippen molar-refractivity contribution in [3.63, 3.8) is 0 Å². The molecule has 9 heteroatoms. The van der Waals surface area contributed by atoms with E-state index in [2.05, 4.69) is 20.3 Å². The van der Waals surface area contributed by atoms with Crippen LogP contribution in [0.25, 0.3) is 22.8 Å². The summed E-state index contributed by atoms with van der Waals surface area (Å²) in [6.45, 7) is 2.03. The number of nitrogens with zero attached hydrogens (tertiary/aromatic N) is 5. The van der Waals surface area contributed by atoms with Crippen LogP contribution in [-0.4, -0.2) is 25.0 Å². The predicted octanol–water partition coefficient (Wildman–Crippen LogP) is 3.96. The van der Waals surface area contributed by atoms with Gasteiger partial charge in [0.25, 0.3) is 0 Å². The number of hydrogen-bond acceptors (Lipinski definition) is 7. The van der Waals surface area contributed by atoms with Gasteiger partial charge in [-0.25, -0.2) is 4.68 Å². The fourth-order valence-electron chi connectivity index (χ4n) is 2.43. The van der Waals surface area contributed by atoms with Gasteiger partial charge < -0.3 is 10.4 Å². The monoisotopic (exact) mass is 398 g/mol. The van der Waals surface area contributed by atoms with Crippen molar-refractivity contribution in [3.05, 3.63) is 65.0 Å². The third kappa shape index (κ3) is 3.81. The predicted molar refractivity (Wildman–Crippen MR) is 105 cm³/mol. The number of thioether (sulfide) groups is 1. The Morgan fingerprint density at radius 2 is 1.74 bits per heavy atom. The van der Waals surface area contributed by atoms with Crippen molar-refractivity contribution < 1.29 is 4.52 Å². The number of nitrogen functional groups attached to an aromatic ring is 1. The van der Waals surface area contributed by atoms with E-state index in [4.69, 9.17) is 22.0 Å². The van der Waals surface area contributed by atoms with Gasteiger partial charge in [0.1, 0.15) is 0 Å². The van der Waals surface area contributed by atoms with Crippen molar-refractivity contribution in [2.75, 3.05) is 5.84 Å². The molecular weight excluding hydrogens is 384 g/mol. The van der Waals surface area contributed by atoms with Gasteiger partial charge in [-0.1, -0.05) is 58.3 Å². The molecule has 7 nitrogen and oxygen atoms in total. The first-order valence-electron chi connectivity index (χ1n) is 8.09. The number of rotatable bonds is 5. The summed E-state index contributed by atoms with van der Waals surface area (Å²) < 4.78 is 6.77. The minimum absolute atomic E-state index is 0.434. The van der Waals surface area contributed by atoms with Crippen molar-refractivity contribution in [1.29, 1.82) is 0 Å². The maximum Gasteiger partial charge on any atom is 0.237 e. The second-order valence-electron chi connectivity index (χ2n) is 5.85. The normalized spacial score (nSPS) is 11.0. The summed E-state index contributed by atoms with van der Waals surface area (Å²) in [6, 6.07) is 15.2. The first-order chi connectivity index (χ1) is 13.1. The molecule has 0 spiro atoms. The molecule has 0 amide bonds. The topological polar surface area (TPSA) is 95.6 Å². The van der Waals surface area contributed by atoms with Gasteiger partial charge in [0, 0.05) is 16.1 Å². The molecule has 2 heterocycles. The molecule has 2 aromatic heterocycles. The van der Waals surface area contributed by atoms with Gasteiger partial charge in [0.2, 0.25) is 16.9 Å². The maximum absolute atomic E-state index is 6.14. The van der Waals surface area contributed by atoms with Gasteiger partial charge in [-0.2, -0.15) is 4.98 Å². The van der Waals surface area contributed by atoms with Crippen LogP contribution in [0.1, 0.15) is 11.5 Å². The van der Waals surface area contributed by atoms with Crippen LogP contribution < -0.4 is 5.84 Å². The molecule has 4 aromatic rings. The Kier molecular flexibility index (Phi) is 4.83. The molecule has 0 saturated carbocycles. The van der Waals surface area contributed by atoms with Crippen molar-refractivity contribution in [3.8, 4) is 22.8 Å². The number of halogens is 1. The van der Waals surface area contributed by atoms with E-state index in [0.29, 0.717) is 33.5 Å². The molecule has 2 N–H and O–H groups in total. The molecule has 0 saturated heterocycles. The summed E-state index contributed by atoms with van der Waals surface area (Å²) in [5.41, 5.74) is 2.91. The van der Waals surface area contributed by atoms with E-state index in [1.807, 2.05) is 43.3 Å². The quantitative estimate of drug-likeness (QED) is 0.401. The van der Waals surface area contributed by atoms with E-state index in [-0.39, 0.29) is 0 Å². The molecule has 0 aliphatic rings. The minimum atomic E-state index is 0.434. The zero-order valence-corrected chi connectivity index (χ0v) is 15.9. The van der Waals surface area contributed by atoms with Gasteiger partial charge in [-0.15, -0.1) is 10.2 Å². The Hall–Kier alpha value is -2.84. The van der Waals surface area contributed by atoms with Gasteiger partial charge in [0.05, 0.1) is 5.75 Å². The fourth-order valence-corrected chi connectivity index (χ4v) is 3.25. The molecular formula is C18H15ClN6OS. The third-order valence-electron chi connectivity index (χ3n) is 3.87. The van der Waals surface area contributed by atoms with Gasteiger partial charge in [0.15, 0.2) is 5.82 Å². The Balaban J connectivity index is 1.46. The SMILES string of the molecule is Cc1ccc(-c2nnc(SCc3nc(-c4ccc(Cl)cc4)no3)n2N)cc1. The lowest BCUT2D eigenvalue weighted by Crippen LogP contribution is -2.11. The van der Waals surface area contributed by atoms with Gasteiger partial charge in [-0.05, 0) is 31.2 Å². The van der Waals surface area contributed by atoms with Crippen LogP contribution in [0.2, 0.25) is 5.02 Å². The van der Waals surface area contributed by atoms with Crippen LogP contribution >= 0.6 is 23.4 Å². The first-order valence-corrected chi connectivity index (χ1v) is 9.45. The highest BCUT2D eigenvalue weighted by Crippen LogP contribution is 2.25. The molecule has 0 bridgehead atoms. The number of benzene rings is 2. The Labute approximate surface area is 164 Å². The highest BCUT2D eigenvalue weighted by atomic mass is 35.5. The Bertz CT molecular complexity index is 1060. The standard InChI is InChI=1S/C18H15ClN6OS/c1-11-2-4-13(5-3-11)17-22-23-18(25(17)20)27-10-15-21-16(24-26-15)12-6-8-14(19)9-7-12/h2-9H,10,20H2,1H3. The molecule has 0 atom stereocenters. The van der Waals surface area contributed by atoms with Crippen LogP contribution in [0.3, 0.4) is 0 Å². The second-order valence-corrected chi connectivity index (χ2v) is 7.23. The lowest BCUT2D eigenvalue weighted by Gasteiger charge is -2.03. The van der Waals surface area contributed by atoms with E-state index in [1.54, 1.807) is 12.1 Å². The number of aromatic nitrogens is 5. The summed E-state index contributed by atoms with van der Waals surface area (Å²) in [6.07, 6.45) is 0. The highest BCUT2D eigenvalue weighted by molar-refractivity contribution is 7.98. The smallest absolute Gasteiger partial charge is 0.237 e. The number of aryl methyl sites for hydroxylation is 1.